The number of aryl methyl sites for hydroxylation is 1. The van der Waals surface area contributed by atoms with Crippen molar-refractivity contribution in [2.75, 3.05) is 12.3 Å². The van der Waals surface area contributed by atoms with Crippen LogP contribution in [-0.2, 0) is 14.6 Å². The maximum absolute atomic E-state index is 12.2. The second kappa shape index (κ2) is 7.77. The van der Waals surface area contributed by atoms with E-state index in [1.165, 1.54) is 32.1 Å². The molecule has 0 spiro atoms. The highest BCUT2D eigenvalue weighted by atomic mass is 32.2. The molecule has 1 aliphatic rings. The number of benzene rings is 1. The molecule has 0 bridgehead atoms. The first kappa shape index (κ1) is 17.0. The van der Waals surface area contributed by atoms with Gasteiger partial charge in [0.1, 0.15) is 0 Å². The molecular weight excluding hydrogens is 298 g/mol. The molecule has 1 aromatic rings. The lowest BCUT2D eigenvalue weighted by Gasteiger charge is -2.21. The Hall–Kier alpha value is -1.36. The van der Waals surface area contributed by atoms with Gasteiger partial charge >= 0.3 is 0 Å². The van der Waals surface area contributed by atoms with Crippen LogP contribution >= 0.6 is 0 Å². The number of carbonyl (C=O) groups is 1. The van der Waals surface area contributed by atoms with Gasteiger partial charge in [0.25, 0.3) is 0 Å². The minimum Gasteiger partial charge on any atom is -0.356 e. The van der Waals surface area contributed by atoms with Crippen LogP contribution in [0.15, 0.2) is 29.2 Å². The monoisotopic (exact) mass is 323 g/mol. The smallest absolute Gasteiger partial charge is 0.221 e. The van der Waals surface area contributed by atoms with Gasteiger partial charge in [0.15, 0.2) is 9.84 Å². The molecular formula is C17H25NO3S. The Balaban J connectivity index is 1.78. The topological polar surface area (TPSA) is 63.2 Å². The van der Waals surface area contributed by atoms with E-state index in [1.54, 1.807) is 24.3 Å². The molecule has 4 nitrogen and oxygen atoms in total. The van der Waals surface area contributed by atoms with Crippen molar-refractivity contribution in [3.63, 3.8) is 0 Å². The van der Waals surface area contributed by atoms with E-state index in [1.807, 2.05) is 6.92 Å². The third-order valence-electron chi connectivity index (χ3n) is 4.29. The Labute approximate surface area is 133 Å². The Kier molecular flexibility index (Phi) is 6.00. The molecule has 0 radical (unpaired) electrons. The lowest BCUT2D eigenvalue weighted by Crippen LogP contribution is -2.31. The molecule has 1 aliphatic carbocycles. The summed E-state index contributed by atoms with van der Waals surface area (Å²) in [5.41, 5.74) is 1.02. The van der Waals surface area contributed by atoms with Crippen molar-refractivity contribution in [3.8, 4) is 0 Å². The molecule has 0 atom stereocenters. The maximum Gasteiger partial charge on any atom is 0.221 e. The lowest BCUT2D eigenvalue weighted by atomic mass is 9.89. The van der Waals surface area contributed by atoms with Gasteiger partial charge in [-0.15, -0.1) is 0 Å². The Bertz CT molecular complexity index is 587. The second-order valence-electron chi connectivity index (χ2n) is 6.19. The fourth-order valence-electron chi connectivity index (χ4n) is 2.83. The number of sulfone groups is 1. The lowest BCUT2D eigenvalue weighted by molar-refractivity contribution is -0.120. The molecule has 5 heteroatoms. The molecule has 1 amide bonds. The average Bonchev–Trinajstić information content (AvgIpc) is 2.52. The molecule has 0 heterocycles. The predicted octanol–water partition coefficient (Wildman–Crippen LogP) is 2.86. The Morgan fingerprint density at radius 3 is 2.41 bits per heavy atom. The van der Waals surface area contributed by atoms with Crippen molar-refractivity contribution in [2.24, 2.45) is 5.92 Å². The van der Waals surface area contributed by atoms with Crippen molar-refractivity contribution in [1.29, 1.82) is 0 Å². The van der Waals surface area contributed by atoms with Gasteiger partial charge < -0.3 is 5.32 Å². The maximum atomic E-state index is 12.2. The Morgan fingerprint density at radius 1 is 1.14 bits per heavy atom. The zero-order valence-electron chi connectivity index (χ0n) is 13.2. The molecule has 0 unspecified atom stereocenters. The summed E-state index contributed by atoms with van der Waals surface area (Å²) in [6.07, 6.45) is 6.14. The number of hydrogen-bond acceptors (Lipinski definition) is 3. The predicted molar refractivity (Wildman–Crippen MR) is 87.4 cm³/mol. The summed E-state index contributed by atoms with van der Waals surface area (Å²) in [4.78, 5) is 12.1. The van der Waals surface area contributed by atoms with E-state index in [-0.39, 0.29) is 23.0 Å². The zero-order valence-corrected chi connectivity index (χ0v) is 14.0. The van der Waals surface area contributed by atoms with Gasteiger partial charge in [-0.3, -0.25) is 4.79 Å². The van der Waals surface area contributed by atoms with Crippen LogP contribution in [0.1, 0.15) is 44.1 Å². The summed E-state index contributed by atoms with van der Waals surface area (Å²) in [5, 5.41) is 2.88. The molecule has 1 saturated carbocycles. The fraction of sp³-hybridized carbons (Fsp3) is 0.588. The van der Waals surface area contributed by atoms with Gasteiger partial charge in [0.2, 0.25) is 5.91 Å². The van der Waals surface area contributed by atoms with E-state index < -0.39 is 9.84 Å². The van der Waals surface area contributed by atoms with Crippen molar-refractivity contribution in [1.82, 2.24) is 5.32 Å². The van der Waals surface area contributed by atoms with Gasteiger partial charge in [-0.2, -0.15) is 0 Å². The number of carbonyl (C=O) groups excluding carboxylic acids is 1. The van der Waals surface area contributed by atoms with Crippen molar-refractivity contribution in [2.45, 2.75) is 50.3 Å². The van der Waals surface area contributed by atoms with E-state index >= 15 is 0 Å². The third kappa shape index (κ3) is 5.13. The fourth-order valence-corrected chi connectivity index (χ4v) is 4.07. The quantitative estimate of drug-likeness (QED) is 0.875. The van der Waals surface area contributed by atoms with Crippen LogP contribution < -0.4 is 5.32 Å². The van der Waals surface area contributed by atoms with E-state index in [2.05, 4.69) is 5.32 Å². The molecule has 2 rings (SSSR count). The summed E-state index contributed by atoms with van der Waals surface area (Å²) in [7, 11) is -3.38. The van der Waals surface area contributed by atoms with Crippen molar-refractivity contribution in [3.05, 3.63) is 29.8 Å². The minimum absolute atomic E-state index is 0.0307. The summed E-state index contributed by atoms with van der Waals surface area (Å²) >= 11 is 0. The average molecular weight is 323 g/mol. The van der Waals surface area contributed by atoms with Crippen molar-refractivity contribution >= 4 is 15.7 Å². The van der Waals surface area contributed by atoms with E-state index in [0.717, 1.165) is 5.56 Å². The van der Waals surface area contributed by atoms with Gasteiger partial charge in [-0.1, -0.05) is 37.0 Å². The number of hydrogen-bond donors (Lipinski definition) is 1. The first-order valence-corrected chi connectivity index (χ1v) is 9.69. The highest BCUT2D eigenvalue weighted by Gasteiger charge is 2.18. The third-order valence-corrected chi connectivity index (χ3v) is 6.02. The van der Waals surface area contributed by atoms with E-state index in [9.17, 15) is 13.2 Å². The molecule has 0 saturated heterocycles. The van der Waals surface area contributed by atoms with Gasteiger partial charge in [-0.25, -0.2) is 8.42 Å². The highest BCUT2D eigenvalue weighted by Crippen LogP contribution is 2.22. The number of nitrogens with one attached hydrogen (secondary N) is 1. The first-order chi connectivity index (χ1) is 10.5. The normalized spacial score (nSPS) is 16.4. The molecule has 1 fully saturated rings. The number of amides is 1. The molecule has 22 heavy (non-hydrogen) atoms. The standard InChI is InChI=1S/C17H25NO3S/c1-14-7-9-16(10-8-14)22(20,21)12-11-17(19)18-13-15-5-3-2-4-6-15/h7-10,15H,2-6,11-13H2,1H3,(H,18,19). The summed E-state index contributed by atoms with van der Waals surface area (Å²) in [6, 6.07) is 6.75. The second-order valence-corrected chi connectivity index (χ2v) is 8.30. The molecule has 0 aliphatic heterocycles. The number of rotatable bonds is 6. The molecule has 122 valence electrons. The highest BCUT2D eigenvalue weighted by molar-refractivity contribution is 7.91. The largest absolute Gasteiger partial charge is 0.356 e. The van der Waals surface area contributed by atoms with Gasteiger partial charge in [0, 0.05) is 13.0 Å². The summed E-state index contributed by atoms with van der Waals surface area (Å²) in [6.45, 7) is 2.60. The van der Waals surface area contributed by atoms with Crippen LogP contribution in [0.2, 0.25) is 0 Å². The van der Waals surface area contributed by atoms with Crippen molar-refractivity contribution < 1.29 is 13.2 Å². The van der Waals surface area contributed by atoms with Crippen LogP contribution in [-0.4, -0.2) is 26.6 Å². The van der Waals surface area contributed by atoms with Gasteiger partial charge in [-0.05, 0) is 37.8 Å². The van der Waals surface area contributed by atoms with Crippen LogP contribution in [0.4, 0.5) is 0 Å². The van der Waals surface area contributed by atoms with E-state index in [4.69, 9.17) is 0 Å². The van der Waals surface area contributed by atoms with Crippen LogP contribution in [0.5, 0.6) is 0 Å². The SMILES string of the molecule is Cc1ccc(S(=O)(=O)CCC(=O)NCC2CCCCC2)cc1. The molecule has 1 N–H and O–H groups in total. The molecule has 0 aromatic heterocycles. The molecule has 1 aromatic carbocycles. The summed E-state index contributed by atoms with van der Waals surface area (Å²) in [5.74, 6) is 0.264. The summed E-state index contributed by atoms with van der Waals surface area (Å²) < 4.78 is 24.3. The Morgan fingerprint density at radius 2 is 1.77 bits per heavy atom. The minimum atomic E-state index is -3.38. The van der Waals surface area contributed by atoms with Crippen LogP contribution in [0, 0.1) is 12.8 Å². The van der Waals surface area contributed by atoms with Crippen LogP contribution in [0.3, 0.4) is 0 Å². The zero-order chi connectivity index (χ0) is 16.0. The van der Waals surface area contributed by atoms with Gasteiger partial charge in [0.05, 0.1) is 10.6 Å². The first-order valence-electron chi connectivity index (χ1n) is 8.03. The van der Waals surface area contributed by atoms with Crippen LogP contribution in [0.25, 0.3) is 0 Å². The van der Waals surface area contributed by atoms with E-state index in [0.29, 0.717) is 12.5 Å².